The molecule has 0 unspecified atom stereocenters. The van der Waals surface area contributed by atoms with Crippen LogP contribution in [0.15, 0.2) is 12.3 Å². The van der Waals surface area contributed by atoms with Crippen molar-refractivity contribution in [2.45, 2.75) is 52.5 Å². The van der Waals surface area contributed by atoms with Gasteiger partial charge < -0.3 is 5.11 Å². The zero-order valence-electron chi connectivity index (χ0n) is 13.1. The molecule has 0 radical (unpaired) electrons. The van der Waals surface area contributed by atoms with Gasteiger partial charge in [-0.25, -0.2) is 9.67 Å². The van der Waals surface area contributed by atoms with Crippen molar-refractivity contribution in [2.75, 3.05) is 6.61 Å². The van der Waals surface area contributed by atoms with Crippen molar-refractivity contribution in [3.05, 3.63) is 23.5 Å². The molecule has 0 bridgehead atoms. The van der Waals surface area contributed by atoms with Crippen LogP contribution in [0, 0.1) is 0 Å². The number of fused-ring (bicyclic) bond motifs is 1. The molecular weight excluding hydrogens is 266 g/mol. The summed E-state index contributed by atoms with van der Waals surface area (Å²) in [6, 6.07) is 2.07. The number of ketones is 1. The minimum absolute atomic E-state index is 0.0300. The number of rotatable bonds is 6. The van der Waals surface area contributed by atoms with Crippen LogP contribution in [0.5, 0.6) is 0 Å². The summed E-state index contributed by atoms with van der Waals surface area (Å²) < 4.78 is 1.85. The highest BCUT2D eigenvalue weighted by Gasteiger charge is 2.18. The van der Waals surface area contributed by atoms with E-state index in [1.807, 2.05) is 24.6 Å². The molecule has 0 aliphatic heterocycles. The van der Waals surface area contributed by atoms with Crippen LogP contribution >= 0.6 is 0 Å². The van der Waals surface area contributed by atoms with Crippen molar-refractivity contribution >= 4 is 16.8 Å². The zero-order chi connectivity index (χ0) is 15.6. The third kappa shape index (κ3) is 3.13. The molecule has 5 nitrogen and oxygen atoms in total. The van der Waals surface area contributed by atoms with Gasteiger partial charge in [-0.15, -0.1) is 0 Å². The highest BCUT2D eigenvalue weighted by Crippen LogP contribution is 2.25. The molecule has 2 aromatic rings. The average Bonchev–Trinajstić information content (AvgIpc) is 2.87. The van der Waals surface area contributed by atoms with Crippen LogP contribution in [0.3, 0.4) is 0 Å². The summed E-state index contributed by atoms with van der Waals surface area (Å²) in [7, 11) is 0. The van der Waals surface area contributed by atoms with Gasteiger partial charge in [-0.2, -0.15) is 5.10 Å². The fourth-order valence-corrected chi connectivity index (χ4v) is 2.32. The van der Waals surface area contributed by atoms with Crippen LogP contribution in [-0.4, -0.2) is 32.3 Å². The summed E-state index contributed by atoms with van der Waals surface area (Å²) in [6.45, 7) is 8.24. The Hall–Kier alpha value is -1.75. The number of aliphatic hydroxyl groups excluding tert-OH is 1. The minimum atomic E-state index is 0.0300. The van der Waals surface area contributed by atoms with E-state index < -0.39 is 0 Å². The van der Waals surface area contributed by atoms with E-state index >= 15 is 0 Å². The van der Waals surface area contributed by atoms with Crippen LogP contribution in [0.25, 0.3) is 11.0 Å². The lowest BCUT2D eigenvalue weighted by atomic mass is 10.0. The third-order valence-corrected chi connectivity index (χ3v) is 3.53. The SMILES string of the molecule is CC(C)c1cc(C(=O)CCCO)c2cnn(C(C)C)c2n1. The predicted octanol–water partition coefficient (Wildman–Crippen LogP) is 3.09. The fourth-order valence-electron chi connectivity index (χ4n) is 2.32. The van der Waals surface area contributed by atoms with Crippen LogP contribution in [0.4, 0.5) is 0 Å². The molecule has 0 aliphatic rings. The number of pyridine rings is 1. The highest BCUT2D eigenvalue weighted by molar-refractivity contribution is 6.06. The Kier molecular flexibility index (Phi) is 4.73. The molecule has 5 heteroatoms. The molecule has 1 N–H and O–H groups in total. The molecule has 0 amide bonds. The van der Waals surface area contributed by atoms with Gasteiger partial charge in [0, 0.05) is 35.7 Å². The van der Waals surface area contributed by atoms with Crippen molar-refractivity contribution in [1.29, 1.82) is 0 Å². The van der Waals surface area contributed by atoms with Gasteiger partial charge in [0.25, 0.3) is 0 Å². The van der Waals surface area contributed by atoms with Gasteiger partial charge in [-0.05, 0) is 32.3 Å². The van der Waals surface area contributed by atoms with Gasteiger partial charge in [-0.3, -0.25) is 4.79 Å². The minimum Gasteiger partial charge on any atom is -0.396 e. The summed E-state index contributed by atoms with van der Waals surface area (Å²) in [5.41, 5.74) is 2.34. The van der Waals surface area contributed by atoms with E-state index in [-0.39, 0.29) is 24.3 Å². The molecule has 0 aliphatic carbocycles. The maximum atomic E-state index is 12.4. The number of carbonyl (C=O) groups excluding carboxylic acids is 1. The fraction of sp³-hybridized carbons (Fsp3) is 0.562. The number of hydrogen-bond acceptors (Lipinski definition) is 4. The molecule has 114 valence electrons. The maximum absolute atomic E-state index is 12.4. The normalized spacial score (nSPS) is 11.8. The van der Waals surface area contributed by atoms with Crippen LogP contribution in [0.2, 0.25) is 0 Å². The lowest BCUT2D eigenvalue weighted by Crippen LogP contribution is -2.08. The summed E-state index contributed by atoms with van der Waals surface area (Å²) in [6.07, 6.45) is 2.55. The predicted molar refractivity (Wildman–Crippen MR) is 82.7 cm³/mol. The van der Waals surface area contributed by atoms with Crippen LogP contribution < -0.4 is 0 Å². The summed E-state index contributed by atoms with van der Waals surface area (Å²) in [5.74, 6) is 0.288. The highest BCUT2D eigenvalue weighted by atomic mass is 16.3. The second-order valence-corrected chi connectivity index (χ2v) is 5.92. The summed E-state index contributed by atoms with van der Waals surface area (Å²) in [4.78, 5) is 17.1. The Balaban J connectivity index is 2.59. The monoisotopic (exact) mass is 289 g/mol. The molecule has 0 saturated carbocycles. The second kappa shape index (κ2) is 6.35. The summed E-state index contributed by atoms with van der Waals surface area (Å²) in [5, 5.41) is 14.1. The average molecular weight is 289 g/mol. The molecule has 21 heavy (non-hydrogen) atoms. The van der Waals surface area contributed by atoms with E-state index in [9.17, 15) is 4.79 Å². The van der Waals surface area contributed by atoms with E-state index in [1.54, 1.807) is 6.20 Å². The van der Waals surface area contributed by atoms with E-state index in [2.05, 4.69) is 23.9 Å². The number of Topliss-reactive ketones (excluding diaryl/α,β-unsaturated/α-hetero) is 1. The van der Waals surface area contributed by atoms with E-state index in [1.165, 1.54) is 0 Å². The van der Waals surface area contributed by atoms with Gasteiger partial charge in [-0.1, -0.05) is 13.8 Å². The topological polar surface area (TPSA) is 68.0 Å². The molecule has 2 aromatic heterocycles. The Morgan fingerprint density at radius 2 is 2.05 bits per heavy atom. The second-order valence-electron chi connectivity index (χ2n) is 5.92. The van der Waals surface area contributed by atoms with Gasteiger partial charge in [0.1, 0.15) is 0 Å². The van der Waals surface area contributed by atoms with Crippen LogP contribution in [-0.2, 0) is 0 Å². The Morgan fingerprint density at radius 3 is 2.62 bits per heavy atom. The number of aliphatic hydroxyl groups is 1. The van der Waals surface area contributed by atoms with Crippen molar-refractivity contribution in [1.82, 2.24) is 14.8 Å². The summed E-state index contributed by atoms with van der Waals surface area (Å²) >= 11 is 0. The number of nitrogens with zero attached hydrogens (tertiary/aromatic N) is 3. The van der Waals surface area contributed by atoms with Gasteiger partial charge in [0.15, 0.2) is 11.4 Å². The quantitative estimate of drug-likeness (QED) is 0.830. The lowest BCUT2D eigenvalue weighted by molar-refractivity contribution is 0.0972. The molecule has 0 atom stereocenters. The largest absolute Gasteiger partial charge is 0.396 e. The Labute approximate surface area is 125 Å². The number of hydrogen-bond donors (Lipinski definition) is 1. The van der Waals surface area contributed by atoms with Crippen LogP contribution in [0.1, 0.15) is 68.5 Å². The molecule has 2 heterocycles. The van der Waals surface area contributed by atoms with Gasteiger partial charge >= 0.3 is 0 Å². The molecule has 2 rings (SSSR count). The van der Waals surface area contributed by atoms with Crippen molar-refractivity contribution in [3.63, 3.8) is 0 Å². The smallest absolute Gasteiger partial charge is 0.163 e. The van der Waals surface area contributed by atoms with Gasteiger partial charge in [0.2, 0.25) is 0 Å². The van der Waals surface area contributed by atoms with Crippen molar-refractivity contribution < 1.29 is 9.90 Å². The maximum Gasteiger partial charge on any atom is 0.163 e. The van der Waals surface area contributed by atoms with Crippen molar-refractivity contribution in [3.8, 4) is 0 Å². The first-order valence-corrected chi connectivity index (χ1v) is 7.48. The first kappa shape index (κ1) is 15.6. The number of aromatic nitrogens is 3. The van der Waals surface area contributed by atoms with Crippen molar-refractivity contribution in [2.24, 2.45) is 0 Å². The zero-order valence-corrected chi connectivity index (χ0v) is 13.1. The first-order valence-electron chi connectivity index (χ1n) is 7.48. The van der Waals surface area contributed by atoms with E-state index in [4.69, 9.17) is 5.11 Å². The first-order chi connectivity index (χ1) is 9.95. The number of carbonyl (C=O) groups is 1. The molecule has 0 fully saturated rings. The molecule has 0 spiro atoms. The van der Waals surface area contributed by atoms with E-state index in [0.29, 0.717) is 18.4 Å². The molecule has 0 aromatic carbocycles. The Bertz CT molecular complexity index is 644. The molecular formula is C16H23N3O2. The standard InChI is InChI=1S/C16H23N3O2/c1-10(2)14-8-12(15(21)6-5-7-20)13-9-17-19(11(3)4)16(13)18-14/h8-11,20H,5-7H2,1-4H3. The lowest BCUT2D eigenvalue weighted by Gasteiger charge is -2.11. The van der Waals surface area contributed by atoms with E-state index in [0.717, 1.165) is 16.7 Å². The third-order valence-electron chi connectivity index (χ3n) is 3.53. The van der Waals surface area contributed by atoms with Gasteiger partial charge in [0.05, 0.1) is 6.20 Å². The molecule has 0 saturated heterocycles. The Morgan fingerprint density at radius 1 is 1.33 bits per heavy atom.